The molecular weight excluding hydrogens is 309 g/mol. The third-order valence-electron chi connectivity index (χ3n) is 3.09. The number of benzene rings is 1. The number of hydrogen-bond donors (Lipinski definition) is 2. The Morgan fingerprint density at radius 2 is 2.24 bits per heavy atom. The molecule has 1 aromatic heterocycles. The van der Waals surface area contributed by atoms with Crippen molar-refractivity contribution in [2.75, 3.05) is 24.7 Å². The predicted molar refractivity (Wildman–Crippen MR) is 87.9 cm³/mol. The number of amides is 1. The van der Waals surface area contributed by atoms with E-state index in [0.717, 1.165) is 22.6 Å². The van der Waals surface area contributed by atoms with E-state index in [0.29, 0.717) is 22.4 Å². The van der Waals surface area contributed by atoms with E-state index >= 15 is 0 Å². The van der Waals surface area contributed by atoms with Gasteiger partial charge in [-0.3, -0.25) is 4.79 Å². The Morgan fingerprint density at radius 3 is 2.95 bits per heavy atom. The van der Waals surface area contributed by atoms with E-state index in [2.05, 4.69) is 5.32 Å². The highest BCUT2D eigenvalue weighted by Crippen LogP contribution is 2.32. The van der Waals surface area contributed by atoms with Gasteiger partial charge in [-0.1, -0.05) is 6.07 Å². The van der Waals surface area contributed by atoms with Crippen LogP contribution in [0.15, 0.2) is 18.2 Å². The van der Waals surface area contributed by atoms with Crippen LogP contribution in [-0.4, -0.2) is 35.7 Å². The molecule has 0 fully saturated rings. The molecule has 2 N–H and O–H groups in total. The summed E-state index contributed by atoms with van der Waals surface area (Å²) in [5.74, 6) is 1.28. The summed E-state index contributed by atoms with van der Waals surface area (Å²) in [6, 6.07) is 4.91. The van der Waals surface area contributed by atoms with E-state index in [9.17, 15) is 9.18 Å². The van der Waals surface area contributed by atoms with Crippen molar-refractivity contribution < 1.29 is 14.3 Å². The van der Waals surface area contributed by atoms with Gasteiger partial charge in [0.1, 0.15) is 5.82 Å². The number of carbonyl (C=O) groups excluding carboxylic acids is 1. The Balaban J connectivity index is 1.97. The zero-order valence-corrected chi connectivity index (χ0v) is 13.5. The molecule has 0 saturated heterocycles. The summed E-state index contributed by atoms with van der Waals surface area (Å²) >= 11 is 3.02. The van der Waals surface area contributed by atoms with Crippen LogP contribution in [0.1, 0.15) is 21.7 Å². The Bertz CT molecular complexity index is 627. The lowest BCUT2D eigenvalue weighted by atomic mass is 10.1. The quantitative estimate of drug-likeness (QED) is 0.768. The summed E-state index contributed by atoms with van der Waals surface area (Å²) in [5, 5.41) is 12.1. The van der Waals surface area contributed by atoms with Gasteiger partial charge in [-0.2, -0.15) is 11.8 Å². The molecule has 2 aromatic rings. The smallest absolute Gasteiger partial charge is 0.261 e. The number of rotatable bonds is 7. The minimum Gasteiger partial charge on any atom is -0.396 e. The van der Waals surface area contributed by atoms with Crippen LogP contribution in [0, 0.1) is 12.7 Å². The molecule has 0 bridgehead atoms. The summed E-state index contributed by atoms with van der Waals surface area (Å²) < 4.78 is 14.6. The fraction of sp³-hybridized carbons (Fsp3) is 0.400. The highest BCUT2D eigenvalue weighted by molar-refractivity contribution is 7.99. The van der Waals surface area contributed by atoms with Crippen LogP contribution >= 0.6 is 23.1 Å². The number of thiophene rings is 1. The fourth-order valence-electron chi connectivity index (χ4n) is 2.06. The summed E-state index contributed by atoms with van der Waals surface area (Å²) in [5.41, 5.74) is 0.707. The van der Waals surface area contributed by atoms with E-state index in [4.69, 9.17) is 5.11 Å². The predicted octanol–water partition coefficient (Wildman–Crippen LogP) is 3.19. The molecule has 21 heavy (non-hydrogen) atoms. The maximum atomic E-state index is 13.8. The molecule has 0 aliphatic heterocycles. The number of aliphatic hydroxyl groups is 1. The zero-order valence-electron chi connectivity index (χ0n) is 11.8. The standard InChI is InChI=1S/C15H18FNO2S2/c1-10-13-11(16)4-2-5-12(13)21-14(10)15(19)17-6-9-20-8-3-7-18/h2,4-5,18H,3,6-9H2,1H3,(H,17,19). The van der Waals surface area contributed by atoms with Crippen LogP contribution in [-0.2, 0) is 0 Å². The fourth-order valence-corrected chi connectivity index (χ4v) is 3.98. The normalized spacial score (nSPS) is 11.0. The molecule has 0 atom stereocenters. The van der Waals surface area contributed by atoms with E-state index in [-0.39, 0.29) is 18.3 Å². The molecule has 3 nitrogen and oxygen atoms in total. The first-order chi connectivity index (χ1) is 10.1. The van der Waals surface area contributed by atoms with Crippen molar-refractivity contribution >= 4 is 39.1 Å². The Kier molecular flexibility index (Phi) is 6.02. The Labute approximate surface area is 131 Å². The average Bonchev–Trinajstić information content (AvgIpc) is 2.81. The van der Waals surface area contributed by atoms with Gasteiger partial charge in [-0.05, 0) is 36.8 Å². The van der Waals surface area contributed by atoms with Gasteiger partial charge in [0.25, 0.3) is 5.91 Å². The third-order valence-corrected chi connectivity index (χ3v) is 5.41. The van der Waals surface area contributed by atoms with Crippen LogP contribution < -0.4 is 5.32 Å². The minimum atomic E-state index is -0.278. The van der Waals surface area contributed by atoms with Crippen LogP contribution in [0.4, 0.5) is 4.39 Å². The molecule has 1 aromatic carbocycles. The first-order valence-corrected chi connectivity index (χ1v) is 8.76. The van der Waals surface area contributed by atoms with Crippen LogP contribution in [0.5, 0.6) is 0 Å². The lowest BCUT2D eigenvalue weighted by molar-refractivity contribution is 0.0959. The maximum absolute atomic E-state index is 13.8. The van der Waals surface area contributed by atoms with Gasteiger partial charge >= 0.3 is 0 Å². The molecule has 2 rings (SSSR count). The monoisotopic (exact) mass is 327 g/mol. The minimum absolute atomic E-state index is 0.143. The van der Waals surface area contributed by atoms with Crippen molar-refractivity contribution in [1.29, 1.82) is 0 Å². The van der Waals surface area contributed by atoms with Crippen molar-refractivity contribution in [3.05, 3.63) is 34.5 Å². The second-order valence-corrected chi connectivity index (χ2v) is 6.89. The second kappa shape index (κ2) is 7.77. The van der Waals surface area contributed by atoms with E-state index < -0.39 is 0 Å². The lowest BCUT2D eigenvalue weighted by Gasteiger charge is -2.04. The number of aryl methyl sites for hydroxylation is 1. The number of halogens is 1. The molecule has 0 aliphatic carbocycles. The maximum Gasteiger partial charge on any atom is 0.261 e. The SMILES string of the molecule is Cc1c(C(=O)NCCSCCCO)sc2cccc(F)c12. The largest absolute Gasteiger partial charge is 0.396 e. The molecule has 0 saturated carbocycles. The van der Waals surface area contributed by atoms with Crippen molar-refractivity contribution in [1.82, 2.24) is 5.32 Å². The molecule has 0 spiro atoms. The van der Waals surface area contributed by atoms with Crippen molar-refractivity contribution in [3.8, 4) is 0 Å². The van der Waals surface area contributed by atoms with Gasteiger partial charge in [-0.15, -0.1) is 11.3 Å². The van der Waals surface area contributed by atoms with E-state index in [1.807, 2.05) is 6.07 Å². The number of thioether (sulfide) groups is 1. The molecule has 1 amide bonds. The van der Waals surface area contributed by atoms with Crippen LogP contribution in [0.25, 0.3) is 10.1 Å². The first kappa shape index (κ1) is 16.3. The number of hydrogen-bond acceptors (Lipinski definition) is 4. The Morgan fingerprint density at radius 1 is 1.43 bits per heavy atom. The summed E-state index contributed by atoms with van der Waals surface area (Å²) in [6.07, 6.45) is 0.771. The first-order valence-electron chi connectivity index (χ1n) is 6.79. The molecule has 114 valence electrons. The zero-order chi connectivity index (χ0) is 15.2. The van der Waals surface area contributed by atoms with E-state index in [1.165, 1.54) is 17.4 Å². The van der Waals surface area contributed by atoms with Gasteiger partial charge in [0.2, 0.25) is 0 Å². The number of fused-ring (bicyclic) bond motifs is 1. The van der Waals surface area contributed by atoms with Gasteiger partial charge < -0.3 is 10.4 Å². The van der Waals surface area contributed by atoms with Crippen molar-refractivity contribution in [2.45, 2.75) is 13.3 Å². The van der Waals surface area contributed by atoms with Gasteiger partial charge in [0.05, 0.1) is 4.88 Å². The molecule has 1 heterocycles. The highest BCUT2D eigenvalue weighted by Gasteiger charge is 2.17. The molecule has 0 aliphatic rings. The second-order valence-electron chi connectivity index (χ2n) is 4.61. The van der Waals surface area contributed by atoms with Gasteiger partial charge in [-0.25, -0.2) is 4.39 Å². The average molecular weight is 327 g/mol. The topological polar surface area (TPSA) is 49.3 Å². The highest BCUT2D eigenvalue weighted by atomic mass is 32.2. The number of nitrogens with one attached hydrogen (secondary N) is 1. The van der Waals surface area contributed by atoms with Crippen molar-refractivity contribution in [2.24, 2.45) is 0 Å². The molecule has 0 unspecified atom stereocenters. The lowest BCUT2D eigenvalue weighted by Crippen LogP contribution is -2.25. The number of aliphatic hydroxyl groups excluding tert-OH is 1. The van der Waals surface area contributed by atoms with Crippen molar-refractivity contribution in [3.63, 3.8) is 0 Å². The summed E-state index contributed by atoms with van der Waals surface area (Å²) in [7, 11) is 0. The Hall–Kier alpha value is -1.11. The molecule has 6 heteroatoms. The summed E-state index contributed by atoms with van der Waals surface area (Å²) in [6.45, 7) is 2.56. The molecule has 0 radical (unpaired) electrons. The van der Waals surface area contributed by atoms with Gasteiger partial charge in [0.15, 0.2) is 0 Å². The van der Waals surface area contributed by atoms with Crippen LogP contribution in [0.3, 0.4) is 0 Å². The van der Waals surface area contributed by atoms with Crippen LogP contribution in [0.2, 0.25) is 0 Å². The van der Waals surface area contributed by atoms with Gasteiger partial charge in [0, 0.05) is 29.0 Å². The third kappa shape index (κ3) is 3.96. The molecular formula is C15H18FNO2S2. The number of carbonyl (C=O) groups is 1. The summed E-state index contributed by atoms with van der Waals surface area (Å²) in [4.78, 5) is 12.7. The van der Waals surface area contributed by atoms with E-state index in [1.54, 1.807) is 24.8 Å².